The molecular formula is C23H20N4O2S. The molecule has 4 aromatic rings. The lowest BCUT2D eigenvalue weighted by Crippen LogP contribution is -2.17. The largest absolute Gasteiger partial charge is 0.507 e. The predicted octanol–water partition coefficient (Wildman–Crippen LogP) is 5.40. The highest BCUT2D eigenvalue weighted by Crippen LogP contribution is 2.42. The fourth-order valence-corrected chi connectivity index (χ4v) is 4.22. The molecule has 0 radical (unpaired) electrons. The van der Waals surface area contributed by atoms with E-state index in [1.165, 1.54) is 0 Å². The van der Waals surface area contributed by atoms with E-state index in [1.807, 2.05) is 54.6 Å². The number of phenols is 1. The molecule has 0 bridgehead atoms. The van der Waals surface area contributed by atoms with Crippen LogP contribution in [0, 0.1) is 0 Å². The molecule has 0 spiro atoms. The molecule has 150 valence electrons. The predicted molar refractivity (Wildman–Crippen MR) is 119 cm³/mol. The third-order valence-corrected chi connectivity index (χ3v) is 6.02. The second-order valence-corrected chi connectivity index (χ2v) is 8.07. The second kappa shape index (κ2) is 7.84. The molecule has 0 amide bonds. The van der Waals surface area contributed by atoms with Gasteiger partial charge in [-0.1, -0.05) is 67.2 Å². The number of anilines is 1. The molecular weight excluding hydrogens is 396 g/mol. The molecule has 30 heavy (non-hydrogen) atoms. The maximum Gasteiger partial charge on any atom is 0.247 e. The van der Waals surface area contributed by atoms with Gasteiger partial charge in [0.15, 0.2) is 5.69 Å². The van der Waals surface area contributed by atoms with Crippen molar-refractivity contribution in [2.75, 3.05) is 11.1 Å². The minimum Gasteiger partial charge on any atom is -0.507 e. The fraction of sp³-hybridized carbons (Fsp3) is 0.174. The smallest absolute Gasteiger partial charge is 0.247 e. The number of phenolic OH excluding ortho intramolecular Hbond substituents is 1. The molecule has 3 aromatic carbocycles. The van der Waals surface area contributed by atoms with Crippen molar-refractivity contribution in [2.45, 2.75) is 24.7 Å². The van der Waals surface area contributed by atoms with Gasteiger partial charge in [0.25, 0.3) is 0 Å². The van der Waals surface area contributed by atoms with Crippen molar-refractivity contribution >= 4 is 28.2 Å². The highest BCUT2D eigenvalue weighted by atomic mass is 32.2. The summed E-state index contributed by atoms with van der Waals surface area (Å²) in [5, 5.41) is 25.4. The van der Waals surface area contributed by atoms with Crippen LogP contribution >= 0.6 is 11.8 Å². The van der Waals surface area contributed by atoms with Crippen LogP contribution in [0.25, 0.3) is 22.0 Å². The summed E-state index contributed by atoms with van der Waals surface area (Å²) in [4.78, 5) is 4.64. The van der Waals surface area contributed by atoms with Gasteiger partial charge in [-0.05, 0) is 29.3 Å². The quantitative estimate of drug-likeness (QED) is 0.431. The Labute approximate surface area is 178 Å². The number of nitrogens with one attached hydrogen (secondary N) is 1. The standard InChI is InChI=1S/C23H20N4O2S/c1-2-13-30-23-25-22-20(26-27-23)16-9-5-6-10-17(16)24-21(29-22)19-15-8-4-3-7-14(15)11-12-18(19)28/h3-12,21,24,28H,2,13H2,1H3/t21-/m0/s1. The number of hydrogen-bond donors (Lipinski definition) is 2. The molecule has 2 heterocycles. The highest BCUT2D eigenvalue weighted by molar-refractivity contribution is 7.99. The lowest BCUT2D eigenvalue weighted by molar-refractivity contribution is 0.222. The summed E-state index contributed by atoms with van der Waals surface area (Å²) in [6, 6.07) is 19.3. The van der Waals surface area contributed by atoms with Gasteiger partial charge in [-0.3, -0.25) is 0 Å². The first-order valence-electron chi connectivity index (χ1n) is 9.85. The van der Waals surface area contributed by atoms with Crippen LogP contribution in [-0.2, 0) is 0 Å². The molecule has 1 aliphatic rings. The average molecular weight is 417 g/mol. The van der Waals surface area contributed by atoms with Gasteiger partial charge in [0.1, 0.15) is 5.75 Å². The molecule has 7 heteroatoms. The summed E-state index contributed by atoms with van der Waals surface area (Å²) >= 11 is 1.55. The molecule has 0 aliphatic carbocycles. The second-order valence-electron chi connectivity index (χ2n) is 7.00. The zero-order chi connectivity index (χ0) is 20.5. The Hall–Kier alpha value is -3.32. The number of hydrogen-bond acceptors (Lipinski definition) is 7. The minimum atomic E-state index is -0.640. The number of nitrogens with zero attached hydrogens (tertiary/aromatic N) is 3. The van der Waals surface area contributed by atoms with E-state index in [9.17, 15) is 5.11 Å². The zero-order valence-electron chi connectivity index (χ0n) is 16.4. The van der Waals surface area contributed by atoms with Gasteiger partial charge in [-0.25, -0.2) is 0 Å². The van der Waals surface area contributed by atoms with Gasteiger partial charge >= 0.3 is 0 Å². The molecule has 0 unspecified atom stereocenters. The summed E-state index contributed by atoms with van der Waals surface area (Å²) in [6.45, 7) is 2.11. The van der Waals surface area contributed by atoms with E-state index < -0.39 is 6.23 Å². The number of aromatic nitrogens is 3. The van der Waals surface area contributed by atoms with Crippen molar-refractivity contribution in [1.29, 1.82) is 0 Å². The van der Waals surface area contributed by atoms with E-state index in [-0.39, 0.29) is 5.75 Å². The van der Waals surface area contributed by atoms with Gasteiger partial charge < -0.3 is 15.2 Å². The van der Waals surface area contributed by atoms with E-state index in [1.54, 1.807) is 17.8 Å². The highest BCUT2D eigenvalue weighted by Gasteiger charge is 2.28. The van der Waals surface area contributed by atoms with E-state index in [0.29, 0.717) is 22.3 Å². The monoisotopic (exact) mass is 416 g/mol. The van der Waals surface area contributed by atoms with Crippen molar-refractivity contribution in [3.63, 3.8) is 0 Å². The Morgan fingerprint density at radius 2 is 1.87 bits per heavy atom. The Bertz CT molecular complexity index is 1230. The summed E-state index contributed by atoms with van der Waals surface area (Å²) < 4.78 is 6.34. The van der Waals surface area contributed by atoms with Crippen molar-refractivity contribution in [2.24, 2.45) is 0 Å². The van der Waals surface area contributed by atoms with Crippen molar-refractivity contribution in [1.82, 2.24) is 15.2 Å². The molecule has 1 aromatic heterocycles. The maximum absolute atomic E-state index is 10.7. The SMILES string of the molecule is CCCSc1nnc2c(n1)O[C@@H](c1c(O)ccc3ccccc13)Nc1ccccc1-2. The Morgan fingerprint density at radius 3 is 2.77 bits per heavy atom. The van der Waals surface area contributed by atoms with Crippen LogP contribution < -0.4 is 10.1 Å². The van der Waals surface area contributed by atoms with E-state index >= 15 is 0 Å². The molecule has 0 saturated heterocycles. The number of fused-ring (bicyclic) bond motifs is 4. The minimum absolute atomic E-state index is 0.162. The first kappa shape index (κ1) is 18.7. The van der Waals surface area contributed by atoms with E-state index in [0.717, 1.165) is 34.2 Å². The normalized spacial score (nSPS) is 14.9. The summed E-state index contributed by atoms with van der Waals surface area (Å²) in [5.41, 5.74) is 2.96. The number of ether oxygens (including phenoxy) is 1. The van der Waals surface area contributed by atoms with Crippen molar-refractivity contribution < 1.29 is 9.84 Å². The van der Waals surface area contributed by atoms with E-state index in [2.05, 4.69) is 27.4 Å². The zero-order valence-corrected chi connectivity index (χ0v) is 17.2. The number of rotatable bonds is 4. The topological polar surface area (TPSA) is 80.2 Å². The third-order valence-electron chi connectivity index (χ3n) is 4.98. The van der Waals surface area contributed by atoms with Crippen LogP contribution in [0.4, 0.5) is 5.69 Å². The average Bonchev–Trinajstić information content (AvgIpc) is 2.93. The lowest BCUT2D eigenvalue weighted by atomic mass is 10.0. The fourth-order valence-electron chi connectivity index (χ4n) is 3.59. The van der Waals surface area contributed by atoms with E-state index in [4.69, 9.17) is 4.74 Å². The maximum atomic E-state index is 10.7. The summed E-state index contributed by atoms with van der Waals surface area (Å²) in [5.74, 6) is 1.47. The van der Waals surface area contributed by atoms with Crippen molar-refractivity contribution in [3.05, 3.63) is 66.2 Å². The molecule has 0 saturated carbocycles. The third kappa shape index (κ3) is 3.31. The van der Waals surface area contributed by atoms with Gasteiger partial charge in [-0.2, -0.15) is 4.98 Å². The van der Waals surface area contributed by atoms with Gasteiger partial charge in [0.05, 0.1) is 5.56 Å². The lowest BCUT2D eigenvalue weighted by Gasteiger charge is -2.22. The summed E-state index contributed by atoms with van der Waals surface area (Å²) in [7, 11) is 0. The molecule has 1 aliphatic heterocycles. The van der Waals surface area contributed by atoms with Gasteiger partial charge in [0, 0.05) is 17.0 Å². The Morgan fingerprint density at radius 1 is 1.03 bits per heavy atom. The molecule has 1 atom stereocenters. The Kier molecular flexibility index (Phi) is 4.88. The van der Waals surface area contributed by atoms with Crippen LogP contribution in [0.2, 0.25) is 0 Å². The van der Waals surface area contributed by atoms with Crippen LogP contribution in [0.15, 0.2) is 65.8 Å². The molecule has 0 fully saturated rings. The number of aromatic hydroxyl groups is 1. The molecule has 2 N–H and O–H groups in total. The first-order chi connectivity index (χ1) is 14.7. The van der Waals surface area contributed by atoms with Crippen LogP contribution in [0.5, 0.6) is 11.6 Å². The number of para-hydroxylation sites is 1. The van der Waals surface area contributed by atoms with Crippen LogP contribution in [-0.4, -0.2) is 26.0 Å². The first-order valence-corrected chi connectivity index (χ1v) is 10.8. The van der Waals surface area contributed by atoms with Gasteiger partial charge in [0.2, 0.25) is 17.3 Å². The number of benzene rings is 3. The number of thioether (sulfide) groups is 1. The molecule has 5 rings (SSSR count). The van der Waals surface area contributed by atoms with Crippen LogP contribution in [0.3, 0.4) is 0 Å². The molecule has 6 nitrogen and oxygen atoms in total. The van der Waals surface area contributed by atoms with Crippen LogP contribution in [0.1, 0.15) is 25.1 Å². The summed E-state index contributed by atoms with van der Waals surface area (Å²) in [6.07, 6.45) is 0.377. The van der Waals surface area contributed by atoms with Crippen molar-refractivity contribution in [3.8, 4) is 22.9 Å². The van der Waals surface area contributed by atoms with Gasteiger partial charge in [-0.15, -0.1) is 10.2 Å². The Balaban J connectivity index is 1.68.